The Bertz CT molecular complexity index is 527. The van der Waals surface area contributed by atoms with E-state index in [0.29, 0.717) is 12.5 Å². The average molecular weight is 262 g/mol. The van der Waals surface area contributed by atoms with Crippen LogP contribution in [0.1, 0.15) is 32.4 Å². The van der Waals surface area contributed by atoms with Crippen LogP contribution in [0.15, 0.2) is 16.8 Å². The van der Waals surface area contributed by atoms with E-state index in [9.17, 15) is 0 Å². The fourth-order valence-corrected chi connectivity index (χ4v) is 1.99. The smallest absolute Gasteiger partial charge is 0.208 e. The van der Waals surface area contributed by atoms with Crippen molar-refractivity contribution in [1.82, 2.24) is 20.1 Å². The monoisotopic (exact) mass is 262 g/mol. The first-order valence-corrected chi connectivity index (χ1v) is 6.78. The molecule has 2 rings (SSSR count). The van der Waals surface area contributed by atoms with Crippen molar-refractivity contribution in [3.8, 4) is 11.3 Å². The highest BCUT2D eigenvalue weighted by Gasteiger charge is 2.13. The Kier molecular flexibility index (Phi) is 4.37. The molecule has 2 aromatic heterocycles. The lowest BCUT2D eigenvalue weighted by molar-refractivity contribution is 0.459. The molecule has 0 amide bonds. The van der Waals surface area contributed by atoms with Crippen molar-refractivity contribution in [2.24, 2.45) is 13.0 Å². The molecule has 5 heteroatoms. The first kappa shape index (κ1) is 13.8. The zero-order valence-corrected chi connectivity index (χ0v) is 12.1. The van der Waals surface area contributed by atoms with Gasteiger partial charge in [-0.3, -0.25) is 4.68 Å². The minimum absolute atomic E-state index is 0.624. The molecule has 0 radical (unpaired) electrons. The molecule has 1 N–H and O–H groups in total. The molecule has 2 aromatic rings. The fourth-order valence-electron chi connectivity index (χ4n) is 1.99. The van der Waals surface area contributed by atoms with Gasteiger partial charge in [0, 0.05) is 13.2 Å². The molecule has 0 aliphatic carbocycles. The molecule has 0 saturated carbocycles. The quantitative estimate of drug-likeness (QED) is 0.868. The van der Waals surface area contributed by atoms with Crippen molar-refractivity contribution in [1.29, 1.82) is 0 Å². The standard InChI is InChI=1S/C14H22N4O/c1-5-12-11(9-18(4)17-12)13-7-16-14(19-13)8-15-6-10(2)3/h7,9-10,15H,5-6,8H2,1-4H3. The maximum absolute atomic E-state index is 5.78. The summed E-state index contributed by atoms with van der Waals surface area (Å²) in [5, 5.41) is 7.74. The molecule has 0 aromatic carbocycles. The van der Waals surface area contributed by atoms with Gasteiger partial charge in [-0.2, -0.15) is 5.10 Å². The van der Waals surface area contributed by atoms with Gasteiger partial charge in [0.2, 0.25) is 5.89 Å². The minimum Gasteiger partial charge on any atom is -0.439 e. The maximum Gasteiger partial charge on any atom is 0.208 e. The predicted molar refractivity (Wildman–Crippen MR) is 74.6 cm³/mol. The van der Waals surface area contributed by atoms with Crippen LogP contribution in [0.3, 0.4) is 0 Å². The molecule has 19 heavy (non-hydrogen) atoms. The average Bonchev–Trinajstić information content (AvgIpc) is 2.94. The second-order valence-corrected chi connectivity index (χ2v) is 5.16. The number of aryl methyl sites for hydroxylation is 2. The third-order valence-corrected chi connectivity index (χ3v) is 2.89. The highest BCUT2D eigenvalue weighted by atomic mass is 16.4. The second kappa shape index (κ2) is 6.02. The summed E-state index contributed by atoms with van der Waals surface area (Å²) in [4.78, 5) is 4.31. The number of aromatic nitrogens is 3. The van der Waals surface area contributed by atoms with Crippen molar-refractivity contribution in [3.05, 3.63) is 24.0 Å². The molecular formula is C14H22N4O. The summed E-state index contributed by atoms with van der Waals surface area (Å²) >= 11 is 0. The van der Waals surface area contributed by atoms with Gasteiger partial charge in [0.05, 0.1) is 24.0 Å². The Balaban J connectivity index is 2.07. The number of hydrogen-bond donors (Lipinski definition) is 1. The molecule has 5 nitrogen and oxygen atoms in total. The normalized spacial score (nSPS) is 11.4. The molecular weight excluding hydrogens is 240 g/mol. The van der Waals surface area contributed by atoms with Gasteiger partial charge in [-0.25, -0.2) is 4.98 Å². The van der Waals surface area contributed by atoms with Crippen molar-refractivity contribution < 1.29 is 4.42 Å². The molecule has 2 heterocycles. The van der Waals surface area contributed by atoms with E-state index in [1.165, 1.54) is 0 Å². The predicted octanol–water partition coefficient (Wildman–Crippen LogP) is 2.38. The molecule has 0 bridgehead atoms. The van der Waals surface area contributed by atoms with Gasteiger partial charge in [-0.1, -0.05) is 20.8 Å². The molecule has 0 fully saturated rings. The van der Waals surface area contributed by atoms with Gasteiger partial charge >= 0.3 is 0 Å². The largest absolute Gasteiger partial charge is 0.439 e. The van der Waals surface area contributed by atoms with Gasteiger partial charge in [0.15, 0.2) is 5.76 Å². The fraction of sp³-hybridized carbons (Fsp3) is 0.571. The van der Waals surface area contributed by atoms with E-state index in [1.807, 2.05) is 17.9 Å². The van der Waals surface area contributed by atoms with Crippen LogP contribution in [-0.2, 0) is 20.0 Å². The van der Waals surface area contributed by atoms with Crippen molar-refractivity contribution >= 4 is 0 Å². The van der Waals surface area contributed by atoms with Crippen LogP contribution in [0.4, 0.5) is 0 Å². The zero-order valence-electron chi connectivity index (χ0n) is 12.1. The van der Waals surface area contributed by atoms with E-state index in [-0.39, 0.29) is 0 Å². The summed E-state index contributed by atoms with van der Waals surface area (Å²) in [5.74, 6) is 2.15. The number of nitrogens with one attached hydrogen (secondary N) is 1. The van der Waals surface area contributed by atoms with E-state index in [2.05, 4.69) is 36.2 Å². The van der Waals surface area contributed by atoms with Crippen LogP contribution < -0.4 is 5.32 Å². The van der Waals surface area contributed by atoms with Gasteiger partial charge in [-0.15, -0.1) is 0 Å². The van der Waals surface area contributed by atoms with Crippen molar-refractivity contribution in [2.45, 2.75) is 33.7 Å². The highest BCUT2D eigenvalue weighted by Crippen LogP contribution is 2.23. The highest BCUT2D eigenvalue weighted by molar-refractivity contribution is 5.58. The molecule has 104 valence electrons. The van der Waals surface area contributed by atoms with Gasteiger partial charge in [0.25, 0.3) is 0 Å². The maximum atomic E-state index is 5.78. The number of oxazole rings is 1. The Labute approximate surface area is 114 Å². The summed E-state index contributed by atoms with van der Waals surface area (Å²) in [7, 11) is 1.92. The summed E-state index contributed by atoms with van der Waals surface area (Å²) in [5.41, 5.74) is 2.08. The topological polar surface area (TPSA) is 55.9 Å². The lowest BCUT2D eigenvalue weighted by Gasteiger charge is -2.04. The Morgan fingerprint density at radius 2 is 2.21 bits per heavy atom. The SMILES string of the molecule is CCc1nn(C)cc1-c1cnc(CNCC(C)C)o1. The second-order valence-electron chi connectivity index (χ2n) is 5.16. The van der Waals surface area contributed by atoms with E-state index in [0.717, 1.165) is 35.9 Å². The molecule has 0 saturated heterocycles. The van der Waals surface area contributed by atoms with Crippen LogP contribution in [0.25, 0.3) is 11.3 Å². The van der Waals surface area contributed by atoms with E-state index >= 15 is 0 Å². The van der Waals surface area contributed by atoms with Crippen LogP contribution >= 0.6 is 0 Å². The summed E-state index contributed by atoms with van der Waals surface area (Å²) in [6.45, 7) is 8.08. The van der Waals surface area contributed by atoms with Gasteiger partial charge in [-0.05, 0) is 18.9 Å². The van der Waals surface area contributed by atoms with E-state index in [4.69, 9.17) is 4.42 Å². The number of hydrogen-bond acceptors (Lipinski definition) is 4. The Morgan fingerprint density at radius 1 is 1.42 bits per heavy atom. The van der Waals surface area contributed by atoms with Crippen LogP contribution in [0, 0.1) is 5.92 Å². The molecule has 0 spiro atoms. The first-order chi connectivity index (χ1) is 9.10. The van der Waals surface area contributed by atoms with Crippen LogP contribution in [0.5, 0.6) is 0 Å². The molecule has 0 aliphatic rings. The summed E-state index contributed by atoms with van der Waals surface area (Å²) in [6.07, 6.45) is 4.64. The molecule has 0 aliphatic heterocycles. The van der Waals surface area contributed by atoms with Gasteiger partial charge < -0.3 is 9.73 Å². The summed E-state index contributed by atoms with van der Waals surface area (Å²) < 4.78 is 7.59. The number of nitrogens with zero attached hydrogens (tertiary/aromatic N) is 3. The minimum atomic E-state index is 0.624. The third kappa shape index (κ3) is 3.44. The van der Waals surface area contributed by atoms with E-state index < -0.39 is 0 Å². The lowest BCUT2D eigenvalue weighted by atomic mass is 10.2. The van der Waals surface area contributed by atoms with Crippen LogP contribution in [0.2, 0.25) is 0 Å². The van der Waals surface area contributed by atoms with Gasteiger partial charge in [0.1, 0.15) is 0 Å². The zero-order chi connectivity index (χ0) is 13.8. The van der Waals surface area contributed by atoms with Crippen molar-refractivity contribution in [2.75, 3.05) is 6.54 Å². The third-order valence-electron chi connectivity index (χ3n) is 2.89. The summed E-state index contributed by atoms with van der Waals surface area (Å²) in [6, 6.07) is 0. The molecule has 0 atom stereocenters. The number of rotatable bonds is 6. The lowest BCUT2D eigenvalue weighted by Crippen LogP contribution is -2.18. The first-order valence-electron chi connectivity index (χ1n) is 6.78. The molecule has 0 unspecified atom stereocenters. The Hall–Kier alpha value is -1.62. The Morgan fingerprint density at radius 3 is 2.89 bits per heavy atom. The van der Waals surface area contributed by atoms with Crippen molar-refractivity contribution in [3.63, 3.8) is 0 Å². The van der Waals surface area contributed by atoms with Crippen LogP contribution in [-0.4, -0.2) is 21.3 Å². The van der Waals surface area contributed by atoms with E-state index in [1.54, 1.807) is 6.20 Å².